The molecule has 25 heteroatoms. The van der Waals surface area contributed by atoms with Crippen LogP contribution in [0.5, 0.6) is 34.5 Å². The standard InChI is InChI=1S/C57H55N19O6/c1-7-50(77)72-15-19-74(20-16-72)56-58-29-42-52(67-56)54(62-31-60-42)65-40-23-34(2)46(27-48(40)79-5)81-36-11-13-45-38(25-36)64-33-76(45)14-8-9-51(78)73-17-21-75(22-18-73)57-59-30-43-53(68-57)55(63-32-61-43)66-41-24-35(3)47(28-49(41)80-6)82-37-10-12-44-39(26-37)69-70-71(44)4/h7-13,23-33H,1,14-22H2,2-6H3,(H,60,62,65)(H,61,63,66)/b9-8+. The summed E-state index contributed by atoms with van der Waals surface area (Å²) in [7, 11) is 5.03. The van der Waals surface area contributed by atoms with Crippen molar-refractivity contribution in [3.8, 4) is 34.5 Å². The summed E-state index contributed by atoms with van der Waals surface area (Å²) >= 11 is 0. The third-order valence-corrected chi connectivity index (χ3v) is 14.3. The van der Waals surface area contributed by atoms with Gasteiger partial charge in [0.1, 0.15) is 74.7 Å². The van der Waals surface area contributed by atoms with E-state index in [-0.39, 0.29) is 11.8 Å². The maximum atomic E-state index is 13.5. The molecule has 0 aliphatic carbocycles. The number of piperazine rings is 2. The van der Waals surface area contributed by atoms with Gasteiger partial charge in [0.25, 0.3) is 0 Å². The minimum atomic E-state index is -0.0921. The molecule has 12 rings (SSSR count). The Morgan fingerprint density at radius 3 is 1.66 bits per heavy atom. The third-order valence-electron chi connectivity index (χ3n) is 14.3. The van der Waals surface area contributed by atoms with E-state index in [1.807, 2.05) is 102 Å². The van der Waals surface area contributed by atoms with Crippen LogP contribution in [0.4, 0.5) is 34.9 Å². The molecule has 2 amide bonds. The van der Waals surface area contributed by atoms with Crippen LogP contribution >= 0.6 is 0 Å². The van der Waals surface area contributed by atoms with Crippen LogP contribution in [0.1, 0.15) is 11.1 Å². The second-order valence-electron chi connectivity index (χ2n) is 19.5. The van der Waals surface area contributed by atoms with Crippen molar-refractivity contribution in [1.82, 2.24) is 74.2 Å². The normalized spacial score (nSPS) is 13.8. The van der Waals surface area contributed by atoms with Gasteiger partial charge < -0.3 is 53.7 Å². The summed E-state index contributed by atoms with van der Waals surface area (Å²) in [6, 6.07) is 18.8. The smallest absolute Gasteiger partial charge is 0.246 e. The molecule has 0 bridgehead atoms. The minimum Gasteiger partial charge on any atom is -0.494 e. The molecule has 0 unspecified atom stereocenters. The first-order valence-corrected chi connectivity index (χ1v) is 26.3. The number of ether oxygens (including phenoxy) is 4. The number of fused-ring (bicyclic) bond motifs is 4. The maximum Gasteiger partial charge on any atom is 0.246 e. The number of rotatable bonds is 16. The van der Waals surface area contributed by atoms with Crippen LogP contribution < -0.4 is 39.4 Å². The summed E-state index contributed by atoms with van der Waals surface area (Å²) in [4.78, 5) is 74.8. The fraction of sp³-hybridized carbons (Fsp3) is 0.246. The van der Waals surface area contributed by atoms with Gasteiger partial charge in [0.15, 0.2) is 11.6 Å². The number of nitrogens with zero attached hydrogens (tertiary/aromatic N) is 17. The molecule has 2 fully saturated rings. The molecule has 414 valence electrons. The van der Waals surface area contributed by atoms with Gasteiger partial charge in [-0.25, -0.2) is 49.5 Å². The van der Waals surface area contributed by atoms with Crippen LogP contribution in [0.3, 0.4) is 0 Å². The Labute approximate surface area is 468 Å². The molecular weight excluding hydrogens is 1050 g/mol. The SMILES string of the molecule is C=CC(=O)N1CCN(c2ncc3ncnc(Nc4cc(C)c(Oc5ccc6c(c5)ncn6C/C=C/C(=O)N5CCN(c6ncc7ncnc(Nc8cc(C)c(Oc9ccc%10c(c9)nnn%10C)cc8OC)c7n6)CC5)cc4OC)c3n2)CC1. The van der Waals surface area contributed by atoms with E-state index in [9.17, 15) is 9.59 Å². The molecule has 25 nitrogen and oxygen atoms in total. The summed E-state index contributed by atoms with van der Waals surface area (Å²) in [5, 5.41) is 15.1. The molecule has 2 N–H and O–H groups in total. The number of methoxy groups -OCH3 is 2. The molecule has 82 heavy (non-hydrogen) atoms. The average Bonchev–Trinajstić information content (AvgIpc) is 4.20. The largest absolute Gasteiger partial charge is 0.494 e. The Kier molecular flexibility index (Phi) is 14.2. The van der Waals surface area contributed by atoms with Gasteiger partial charge in [-0.15, -0.1) is 5.10 Å². The highest BCUT2D eigenvalue weighted by molar-refractivity contribution is 5.91. The Morgan fingerprint density at radius 2 is 1.12 bits per heavy atom. The fourth-order valence-electron chi connectivity index (χ4n) is 9.87. The van der Waals surface area contributed by atoms with Crippen LogP contribution in [0.15, 0.2) is 117 Å². The summed E-state index contributed by atoms with van der Waals surface area (Å²) in [5.74, 6) is 5.29. The molecule has 10 aromatic rings. The molecule has 2 aliphatic rings. The predicted molar refractivity (Wildman–Crippen MR) is 308 cm³/mol. The minimum absolute atomic E-state index is 0.0864. The van der Waals surface area contributed by atoms with Gasteiger partial charge in [-0.2, -0.15) is 0 Å². The average molecular weight is 1100 g/mol. The maximum absolute atomic E-state index is 13.5. The molecular formula is C57H55N19O6. The topological polar surface area (TPSA) is 260 Å². The lowest BCUT2D eigenvalue weighted by atomic mass is 10.1. The highest BCUT2D eigenvalue weighted by Crippen LogP contribution is 2.40. The molecule has 8 heterocycles. The Hall–Kier alpha value is -10.6. The number of allylic oxidation sites excluding steroid dienone is 1. The van der Waals surface area contributed by atoms with E-state index in [2.05, 4.69) is 67.3 Å². The van der Waals surface area contributed by atoms with Crippen molar-refractivity contribution in [2.45, 2.75) is 20.4 Å². The predicted octanol–water partition coefficient (Wildman–Crippen LogP) is 7.23. The van der Waals surface area contributed by atoms with Gasteiger partial charge in [-0.3, -0.25) is 9.59 Å². The van der Waals surface area contributed by atoms with Crippen LogP contribution in [0.2, 0.25) is 0 Å². The lowest BCUT2D eigenvalue weighted by Gasteiger charge is -2.34. The van der Waals surface area contributed by atoms with Crippen molar-refractivity contribution >= 4 is 90.9 Å². The lowest BCUT2D eigenvalue weighted by molar-refractivity contribution is -0.127. The number of aromatic nitrogens is 13. The second kappa shape index (κ2) is 22.3. The van der Waals surface area contributed by atoms with E-state index >= 15 is 0 Å². The number of aryl methyl sites for hydroxylation is 3. The molecule has 0 atom stereocenters. The van der Waals surface area contributed by atoms with E-state index in [1.165, 1.54) is 18.7 Å². The first-order chi connectivity index (χ1) is 40.0. The number of anilines is 6. The lowest BCUT2D eigenvalue weighted by Crippen LogP contribution is -2.48. The first kappa shape index (κ1) is 52.1. The molecule has 0 spiro atoms. The van der Waals surface area contributed by atoms with Crippen LogP contribution in [-0.2, 0) is 23.2 Å². The number of amides is 2. The van der Waals surface area contributed by atoms with Gasteiger partial charge in [-0.1, -0.05) is 17.9 Å². The Morgan fingerprint density at radius 1 is 0.598 bits per heavy atom. The summed E-state index contributed by atoms with van der Waals surface area (Å²) < 4.78 is 28.0. The number of carbonyl (C=O) groups is 2. The van der Waals surface area contributed by atoms with Gasteiger partial charge in [-0.05, 0) is 67.4 Å². The van der Waals surface area contributed by atoms with E-state index in [4.69, 9.17) is 28.9 Å². The number of carbonyl (C=O) groups excluding carboxylic acids is 2. The van der Waals surface area contributed by atoms with E-state index in [1.54, 1.807) is 48.6 Å². The highest BCUT2D eigenvalue weighted by Gasteiger charge is 2.25. The highest BCUT2D eigenvalue weighted by atomic mass is 16.5. The van der Waals surface area contributed by atoms with Gasteiger partial charge in [0, 0.05) is 96.3 Å². The van der Waals surface area contributed by atoms with Gasteiger partial charge in [0.05, 0.1) is 60.9 Å². The quantitative estimate of drug-likeness (QED) is 0.0904. The summed E-state index contributed by atoms with van der Waals surface area (Å²) in [6.45, 7) is 12.2. The van der Waals surface area contributed by atoms with Crippen molar-refractivity contribution in [3.63, 3.8) is 0 Å². The van der Waals surface area contributed by atoms with Crippen molar-refractivity contribution < 1.29 is 28.5 Å². The van der Waals surface area contributed by atoms with E-state index in [0.29, 0.717) is 150 Å². The van der Waals surface area contributed by atoms with Crippen LogP contribution in [-0.4, -0.2) is 153 Å². The van der Waals surface area contributed by atoms with Crippen molar-refractivity contribution in [3.05, 3.63) is 128 Å². The van der Waals surface area contributed by atoms with E-state index < -0.39 is 0 Å². The van der Waals surface area contributed by atoms with Crippen LogP contribution in [0, 0.1) is 13.8 Å². The molecule has 2 aliphatic heterocycles. The molecule has 4 aromatic carbocycles. The summed E-state index contributed by atoms with van der Waals surface area (Å²) in [5.41, 5.74) is 8.46. The zero-order valence-corrected chi connectivity index (χ0v) is 45.5. The zero-order chi connectivity index (χ0) is 56.4. The third kappa shape index (κ3) is 10.6. The van der Waals surface area contributed by atoms with E-state index in [0.717, 1.165) is 33.2 Å². The van der Waals surface area contributed by atoms with Gasteiger partial charge in [0.2, 0.25) is 23.7 Å². The number of hydrogen-bond acceptors (Lipinski definition) is 21. The fourth-order valence-corrected chi connectivity index (χ4v) is 9.87. The number of benzene rings is 4. The first-order valence-electron chi connectivity index (χ1n) is 26.3. The number of imidazole rings is 1. The summed E-state index contributed by atoms with van der Waals surface area (Å²) in [6.07, 6.45) is 12.8. The van der Waals surface area contributed by atoms with Crippen LogP contribution in [0.25, 0.3) is 44.1 Å². The Bertz CT molecular complexity index is 4130. The van der Waals surface area contributed by atoms with Crippen molar-refractivity contribution in [1.29, 1.82) is 0 Å². The molecule has 2 saturated heterocycles. The number of hydrogen-bond donors (Lipinski definition) is 2. The zero-order valence-electron chi connectivity index (χ0n) is 45.5. The number of nitrogens with one attached hydrogen (secondary N) is 2. The second-order valence-corrected chi connectivity index (χ2v) is 19.5. The van der Waals surface area contributed by atoms with Crippen molar-refractivity contribution in [2.24, 2.45) is 7.05 Å². The molecule has 0 radical (unpaired) electrons. The van der Waals surface area contributed by atoms with Crippen molar-refractivity contribution in [2.75, 3.05) is 87.0 Å². The Balaban J connectivity index is 0.655. The monoisotopic (exact) mass is 1100 g/mol. The van der Waals surface area contributed by atoms with Gasteiger partial charge >= 0.3 is 0 Å². The molecule has 6 aromatic heterocycles. The molecule has 0 saturated carbocycles.